The Morgan fingerprint density at radius 2 is 1.84 bits per heavy atom. The minimum absolute atomic E-state index is 0.00592. The van der Waals surface area contributed by atoms with Crippen LogP contribution in [-0.2, 0) is 17.8 Å². The van der Waals surface area contributed by atoms with E-state index in [1.165, 1.54) is 35.2 Å². The molecule has 2 heterocycles. The number of carboxylic acid groups (broad SMARTS) is 1. The van der Waals surface area contributed by atoms with Crippen LogP contribution in [0.25, 0.3) is 11.1 Å². The van der Waals surface area contributed by atoms with Crippen molar-refractivity contribution >= 4 is 35.1 Å². The van der Waals surface area contributed by atoms with Gasteiger partial charge in [0.1, 0.15) is 11.9 Å². The molecule has 1 atom stereocenters. The van der Waals surface area contributed by atoms with Gasteiger partial charge < -0.3 is 15.3 Å². The van der Waals surface area contributed by atoms with Crippen LogP contribution in [0.5, 0.6) is 0 Å². The molecular weight excluding hydrogens is 509 g/mol. The molecule has 1 aromatic heterocycles. The van der Waals surface area contributed by atoms with Gasteiger partial charge in [-0.25, -0.2) is 9.18 Å². The van der Waals surface area contributed by atoms with Crippen LogP contribution in [0.15, 0.2) is 85.1 Å². The van der Waals surface area contributed by atoms with Gasteiger partial charge in [0.25, 0.3) is 5.91 Å². The molecule has 0 aliphatic carbocycles. The first-order chi connectivity index (χ1) is 18.3. The smallest absolute Gasteiger partial charge is 0.336 e. The highest BCUT2D eigenvalue weighted by Gasteiger charge is 2.36. The van der Waals surface area contributed by atoms with Gasteiger partial charge in [0, 0.05) is 29.9 Å². The lowest BCUT2D eigenvalue weighted by atomic mass is 9.96. The van der Waals surface area contributed by atoms with Crippen LogP contribution in [0.2, 0.25) is 5.02 Å². The molecular formula is C29H21ClFN3O4. The van der Waals surface area contributed by atoms with Crippen LogP contribution in [-0.4, -0.2) is 38.8 Å². The van der Waals surface area contributed by atoms with E-state index < -0.39 is 29.6 Å². The zero-order valence-electron chi connectivity index (χ0n) is 19.9. The monoisotopic (exact) mass is 529 g/mol. The fourth-order valence-electron chi connectivity index (χ4n) is 4.53. The summed E-state index contributed by atoms with van der Waals surface area (Å²) in [6, 6.07) is 19.3. The standard InChI is InChI=1S/C29H21ClFN3O4/c30-19-8-10-23-25(14-19)33-27(35)26(15-21-6-1-2-11-32-21)34(28(23)36)16-17-7-9-22(29(37)38)24(12-17)18-4-3-5-20(31)13-18/h1-14,26H,15-16H2,(H,33,35)(H,37,38). The molecule has 1 aliphatic rings. The molecule has 9 heteroatoms. The molecule has 5 rings (SSSR count). The van der Waals surface area contributed by atoms with Gasteiger partial charge in [-0.1, -0.05) is 35.9 Å². The summed E-state index contributed by atoms with van der Waals surface area (Å²) >= 11 is 6.12. The number of aromatic nitrogens is 1. The summed E-state index contributed by atoms with van der Waals surface area (Å²) < 4.78 is 14.0. The lowest BCUT2D eigenvalue weighted by Crippen LogP contribution is -2.46. The second-order valence-electron chi connectivity index (χ2n) is 8.85. The molecule has 0 saturated carbocycles. The van der Waals surface area contributed by atoms with Gasteiger partial charge in [-0.2, -0.15) is 0 Å². The van der Waals surface area contributed by atoms with Gasteiger partial charge in [-0.15, -0.1) is 0 Å². The van der Waals surface area contributed by atoms with Crippen molar-refractivity contribution in [2.45, 2.75) is 19.0 Å². The predicted octanol–water partition coefficient (Wildman–Crippen LogP) is 5.45. The number of fused-ring (bicyclic) bond motifs is 1. The quantitative estimate of drug-likeness (QED) is 0.346. The van der Waals surface area contributed by atoms with Gasteiger partial charge >= 0.3 is 5.97 Å². The van der Waals surface area contributed by atoms with Crippen molar-refractivity contribution in [3.05, 3.63) is 118 Å². The fraction of sp³-hybridized carbons (Fsp3) is 0.103. The van der Waals surface area contributed by atoms with E-state index in [-0.39, 0.29) is 24.1 Å². The second kappa shape index (κ2) is 10.4. The first-order valence-electron chi connectivity index (χ1n) is 11.7. The summed E-state index contributed by atoms with van der Waals surface area (Å²) in [6.45, 7) is -0.00592. The van der Waals surface area contributed by atoms with Crippen molar-refractivity contribution in [3.63, 3.8) is 0 Å². The average molecular weight is 530 g/mol. The van der Waals surface area contributed by atoms with E-state index in [0.717, 1.165) is 0 Å². The summed E-state index contributed by atoms with van der Waals surface area (Å²) in [5.41, 5.74) is 2.45. The number of anilines is 1. The average Bonchev–Trinajstić information content (AvgIpc) is 2.99. The number of hydrogen-bond acceptors (Lipinski definition) is 4. The number of carboxylic acids is 1. The number of amides is 2. The first kappa shape index (κ1) is 25.1. The highest BCUT2D eigenvalue weighted by molar-refractivity contribution is 6.31. The van der Waals surface area contributed by atoms with Crippen molar-refractivity contribution in [1.82, 2.24) is 9.88 Å². The molecule has 38 heavy (non-hydrogen) atoms. The number of pyridine rings is 1. The minimum Gasteiger partial charge on any atom is -0.478 e. The minimum atomic E-state index is -1.17. The second-order valence-corrected chi connectivity index (χ2v) is 9.29. The Morgan fingerprint density at radius 1 is 1.00 bits per heavy atom. The molecule has 2 N–H and O–H groups in total. The van der Waals surface area contributed by atoms with E-state index >= 15 is 0 Å². The Bertz CT molecular complexity index is 1560. The van der Waals surface area contributed by atoms with Crippen LogP contribution in [0.1, 0.15) is 32.0 Å². The Balaban J connectivity index is 1.59. The Morgan fingerprint density at radius 3 is 2.58 bits per heavy atom. The summed E-state index contributed by atoms with van der Waals surface area (Å²) in [5, 5.41) is 12.9. The van der Waals surface area contributed by atoms with E-state index in [9.17, 15) is 23.9 Å². The Hall–Kier alpha value is -4.56. The Kier molecular flexibility index (Phi) is 6.89. The summed E-state index contributed by atoms with van der Waals surface area (Å²) in [5.74, 6) is -2.47. The third kappa shape index (κ3) is 5.12. The SMILES string of the molecule is O=C(O)c1ccc(CN2C(=O)c3ccc(Cl)cc3NC(=O)C2Cc2ccccn2)cc1-c1cccc(F)c1. The molecule has 1 aliphatic heterocycles. The number of rotatable bonds is 6. The zero-order valence-corrected chi connectivity index (χ0v) is 20.7. The van der Waals surface area contributed by atoms with E-state index in [4.69, 9.17) is 11.6 Å². The third-order valence-electron chi connectivity index (χ3n) is 6.34. The van der Waals surface area contributed by atoms with Gasteiger partial charge in [-0.05, 0) is 71.3 Å². The van der Waals surface area contributed by atoms with E-state index in [0.29, 0.717) is 33.1 Å². The summed E-state index contributed by atoms with van der Waals surface area (Å²) in [6.07, 6.45) is 1.77. The maximum atomic E-state index is 14.0. The normalized spacial score (nSPS) is 15.0. The molecule has 4 aromatic rings. The zero-order chi connectivity index (χ0) is 26.8. The molecule has 0 fully saturated rings. The number of benzene rings is 3. The van der Waals surface area contributed by atoms with Crippen LogP contribution in [0.3, 0.4) is 0 Å². The number of nitrogens with one attached hydrogen (secondary N) is 1. The largest absolute Gasteiger partial charge is 0.478 e. The van der Waals surface area contributed by atoms with Crippen molar-refractivity contribution < 1.29 is 23.9 Å². The number of aromatic carboxylic acids is 1. The maximum Gasteiger partial charge on any atom is 0.336 e. The van der Waals surface area contributed by atoms with Gasteiger partial charge in [0.2, 0.25) is 5.91 Å². The van der Waals surface area contributed by atoms with Crippen molar-refractivity contribution in [3.8, 4) is 11.1 Å². The molecule has 3 aromatic carbocycles. The van der Waals surface area contributed by atoms with Gasteiger partial charge in [0.15, 0.2) is 0 Å². The number of carbonyl (C=O) groups excluding carboxylic acids is 2. The number of carbonyl (C=O) groups is 3. The van der Waals surface area contributed by atoms with Crippen LogP contribution in [0.4, 0.5) is 10.1 Å². The van der Waals surface area contributed by atoms with Crippen molar-refractivity contribution in [2.24, 2.45) is 0 Å². The molecule has 0 spiro atoms. The highest BCUT2D eigenvalue weighted by Crippen LogP contribution is 2.31. The third-order valence-corrected chi connectivity index (χ3v) is 6.58. The summed E-state index contributed by atoms with van der Waals surface area (Å²) in [4.78, 5) is 44.9. The van der Waals surface area contributed by atoms with E-state index in [1.807, 2.05) is 0 Å². The lowest BCUT2D eigenvalue weighted by molar-refractivity contribution is -0.120. The predicted molar refractivity (Wildman–Crippen MR) is 140 cm³/mol. The van der Waals surface area contributed by atoms with Crippen molar-refractivity contribution in [2.75, 3.05) is 5.32 Å². The fourth-order valence-corrected chi connectivity index (χ4v) is 4.70. The van der Waals surface area contributed by atoms with E-state index in [2.05, 4.69) is 10.3 Å². The Labute approximate surface area is 222 Å². The van der Waals surface area contributed by atoms with Gasteiger partial charge in [0.05, 0.1) is 16.8 Å². The van der Waals surface area contributed by atoms with Crippen molar-refractivity contribution in [1.29, 1.82) is 0 Å². The molecule has 190 valence electrons. The first-order valence-corrected chi connectivity index (χ1v) is 12.1. The lowest BCUT2D eigenvalue weighted by Gasteiger charge is -2.29. The topological polar surface area (TPSA) is 99.6 Å². The van der Waals surface area contributed by atoms with Crippen LogP contribution in [0, 0.1) is 5.82 Å². The number of hydrogen-bond donors (Lipinski definition) is 2. The maximum absolute atomic E-state index is 14.0. The number of halogens is 2. The molecule has 0 saturated heterocycles. The molecule has 2 amide bonds. The van der Waals surface area contributed by atoms with Crippen LogP contribution < -0.4 is 5.32 Å². The molecule has 0 radical (unpaired) electrons. The summed E-state index contributed by atoms with van der Waals surface area (Å²) in [7, 11) is 0. The number of nitrogens with zero attached hydrogens (tertiary/aromatic N) is 2. The van der Waals surface area contributed by atoms with E-state index in [1.54, 1.807) is 54.7 Å². The highest BCUT2D eigenvalue weighted by atomic mass is 35.5. The van der Waals surface area contributed by atoms with Crippen LogP contribution >= 0.6 is 11.6 Å². The molecule has 0 bridgehead atoms. The van der Waals surface area contributed by atoms with Gasteiger partial charge in [-0.3, -0.25) is 14.6 Å². The molecule has 7 nitrogen and oxygen atoms in total. The molecule has 1 unspecified atom stereocenters.